The molecule has 5 nitrogen and oxygen atoms in total. The van der Waals surface area contributed by atoms with Gasteiger partial charge in [0, 0.05) is 13.6 Å². The highest BCUT2D eigenvalue weighted by Gasteiger charge is 2.24. The molecule has 1 aromatic carbocycles. The number of aliphatic carboxylic acids is 1. The highest BCUT2D eigenvalue weighted by atomic mass is 16.4. The van der Waals surface area contributed by atoms with E-state index < -0.39 is 11.9 Å². The molecule has 1 aromatic rings. The van der Waals surface area contributed by atoms with Gasteiger partial charge in [-0.15, -0.1) is 0 Å². The Bertz CT molecular complexity index is 523. The van der Waals surface area contributed by atoms with Crippen LogP contribution in [0.15, 0.2) is 30.3 Å². The lowest BCUT2D eigenvalue weighted by molar-refractivity contribution is -0.141. The third-order valence-electron chi connectivity index (χ3n) is 3.63. The van der Waals surface area contributed by atoms with Gasteiger partial charge in [-0.1, -0.05) is 58.0 Å². The fraction of sp³-hybridized carbons (Fsp3) is 0.556. The number of amides is 2. The molecule has 0 heterocycles. The number of urea groups is 1. The van der Waals surface area contributed by atoms with Gasteiger partial charge in [0.05, 0.1) is 12.0 Å². The summed E-state index contributed by atoms with van der Waals surface area (Å²) in [6, 6.07) is 9.48. The van der Waals surface area contributed by atoms with Gasteiger partial charge in [-0.05, 0) is 17.4 Å². The van der Waals surface area contributed by atoms with Crippen LogP contribution in [0.25, 0.3) is 0 Å². The zero-order chi connectivity index (χ0) is 17.6. The first kappa shape index (κ1) is 19.0. The lowest BCUT2D eigenvalue weighted by atomic mass is 9.85. The minimum absolute atomic E-state index is 0.0563. The Balaban J connectivity index is 2.80. The smallest absolute Gasteiger partial charge is 0.317 e. The fourth-order valence-electron chi connectivity index (χ4n) is 2.38. The van der Waals surface area contributed by atoms with E-state index in [4.69, 9.17) is 5.11 Å². The Morgan fingerprint density at radius 3 is 2.26 bits per heavy atom. The minimum Gasteiger partial charge on any atom is -0.481 e. The number of carboxylic acids is 1. The van der Waals surface area contributed by atoms with E-state index >= 15 is 0 Å². The molecule has 0 aliphatic carbocycles. The van der Waals surface area contributed by atoms with Crippen LogP contribution in [0.1, 0.15) is 45.7 Å². The van der Waals surface area contributed by atoms with Gasteiger partial charge in [-0.25, -0.2) is 4.79 Å². The van der Waals surface area contributed by atoms with Crippen LogP contribution in [0, 0.1) is 11.3 Å². The number of benzene rings is 1. The second kappa shape index (κ2) is 7.99. The first-order valence-corrected chi connectivity index (χ1v) is 7.89. The fourth-order valence-corrected chi connectivity index (χ4v) is 2.38. The van der Waals surface area contributed by atoms with Crippen LogP contribution in [-0.2, 0) is 4.79 Å². The van der Waals surface area contributed by atoms with Crippen molar-refractivity contribution in [3.63, 3.8) is 0 Å². The van der Waals surface area contributed by atoms with E-state index in [1.165, 1.54) is 4.90 Å². The van der Waals surface area contributed by atoms with E-state index in [0.29, 0.717) is 0 Å². The van der Waals surface area contributed by atoms with Crippen LogP contribution in [0.2, 0.25) is 0 Å². The topological polar surface area (TPSA) is 69.6 Å². The number of nitrogens with one attached hydrogen (secondary N) is 1. The molecule has 0 saturated carbocycles. The van der Waals surface area contributed by atoms with Crippen LogP contribution < -0.4 is 5.32 Å². The molecule has 23 heavy (non-hydrogen) atoms. The highest BCUT2D eigenvalue weighted by Crippen LogP contribution is 2.29. The van der Waals surface area contributed by atoms with E-state index in [1.54, 1.807) is 14.0 Å². The molecule has 0 aliphatic heterocycles. The maximum atomic E-state index is 12.4. The van der Waals surface area contributed by atoms with Crippen molar-refractivity contribution < 1.29 is 14.7 Å². The van der Waals surface area contributed by atoms with Gasteiger partial charge in [0.1, 0.15) is 0 Å². The summed E-state index contributed by atoms with van der Waals surface area (Å²) in [6.45, 7) is 8.16. The second-order valence-corrected chi connectivity index (χ2v) is 7.30. The van der Waals surface area contributed by atoms with Crippen molar-refractivity contribution >= 4 is 12.0 Å². The first-order valence-electron chi connectivity index (χ1n) is 7.89. The van der Waals surface area contributed by atoms with Crippen molar-refractivity contribution in [2.45, 2.75) is 40.2 Å². The normalized spacial score (nSPS) is 14.0. The summed E-state index contributed by atoms with van der Waals surface area (Å²) in [7, 11) is 1.62. The van der Waals surface area contributed by atoms with Crippen molar-refractivity contribution in [1.82, 2.24) is 10.2 Å². The number of carbonyl (C=O) groups excluding carboxylic acids is 1. The van der Waals surface area contributed by atoms with E-state index in [1.807, 2.05) is 30.3 Å². The number of hydrogen-bond donors (Lipinski definition) is 2. The molecule has 5 heteroatoms. The monoisotopic (exact) mass is 320 g/mol. The average Bonchev–Trinajstić information content (AvgIpc) is 2.45. The predicted molar refractivity (Wildman–Crippen MR) is 91.2 cm³/mol. The molecule has 0 radical (unpaired) electrons. The molecule has 128 valence electrons. The summed E-state index contributed by atoms with van der Waals surface area (Å²) in [5.41, 5.74) is 1.11. The number of carbonyl (C=O) groups is 2. The Kier molecular flexibility index (Phi) is 6.61. The Labute approximate surface area is 138 Å². The zero-order valence-corrected chi connectivity index (χ0v) is 14.7. The molecule has 1 rings (SSSR count). The van der Waals surface area contributed by atoms with Crippen LogP contribution in [0.5, 0.6) is 0 Å². The maximum Gasteiger partial charge on any atom is 0.317 e. The quantitative estimate of drug-likeness (QED) is 0.842. The minimum atomic E-state index is -0.904. The van der Waals surface area contributed by atoms with Crippen LogP contribution in [0.3, 0.4) is 0 Å². The van der Waals surface area contributed by atoms with Gasteiger partial charge in [-0.3, -0.25) is 4.79 Å². The predicted octanol–water partition coefficient (Wildman–Crippen LogP) is 3.53. The summed E-state index contributed by atoms with van der Waals surface area (Å²) in [4.78, 5) is 24.8. The number of rotatable bonds is 6. The molecular formula is C18H28N2O3. The van der Waals surface area contributed by atoms with Crippen molar-refractivity contribution in [2.75, 3.05) is 13.6 Å². The molecule has 2 N–H and O–H groups in total. The largest absolute Gasteiger partial charge is 0.481 e. The summed E-state index contributed by atoms with van der Waals surface area (Å²) >= 11 is 0. The Hall–Kier alpha value is -2.04. The Morgan fingerprint density at radius 2 is 1.78 bits per heavy atom. The van der Waals surface area contributed by atoms with Gasteiger partial charge in [0.15, 0.2) is 0 Å². The third-order valence-corrected chi connectivity index (χ3v) is 3.63. The molecule has 0 aliphatic rings. The number of hydrogen-bond acceptors (Lipinski definition) is 2. The standard InChI is InChI=1S/C18H28N2O3/c1-13(16(21)22)12-20(5)17(23)19-15(11-18(2,3)4)14-9-7-6-8-10-14/h6-10,13,15H,11-12H2,1-5H3,(H,19,23)(H,21,22). The molecule has 2 unspecified atom stereocenters. The molecule has 0 bridgehead atoms. The van der Waals surface area contributed by atoms with Crippen molar-refractivity contribution in [3.8, 4) is 0 Å². The first-order chi connectivity index (χ1) is 10.6. The van der Waals surface area contributed by atoms with Crippen molar-refractivity contribution in [3.05, 3.63) is 35.9 Å². The van der Waals surface area contributed by atoms with E-state index in [0.717, 1.165) is 12.0 Å². The molecule has 0 spiro atoms. The third kappa shape index (κ3) is 6.72. The lowest BCUT2D eigenvalue weighted by Crippen LogP contribution is -2.43. The van der Waals surface area contributed by atoms with Crippen LogP contribution in [0.4, 0.5) is 4.79 Å². The summed E-state index contributed by atoms with van der Waals surface area (Å²) in [5, 5.41) is 12.0. The summed E-state index contributed by atoms with van der Waals surface area (Å²) < 4.78 is 0. The summed E-state index contributed by atoms with van der Waals surface area (Å²) in [5.74, 6) is -1.50. The van der Waals surface area contributed by atoms with Gasteiger partial charge >= 0.3 is 12.0 Å². The molecular weight excluding hydrogens is 292 g/mol. The van der Waals surface area contributed by atoms with E-state index in [9.17, 15) is 9.59 Å². The van der Waals surface area contributed by atoms with Crippen molar-refractivity contribution in [2.24, 2.45) is 11.3 Å². The SMILES string of the molecule is CC(CN(C)C(=O)NC(CC(C)(C)C)c1ccccc1)C(=O)O. The molecule has 2 atom stereocenters. The van der Waals surface area contributed by atoms with Gasteiger partial charge < -0.3 is 15.3 Å². The Morgan fingerprint density at radius 1 is 1.22 bits per heavy atom. The van der Waals surface area contributed by atoms with Crippen LogP contribution in [-0.4, -0.2) is 35.6 Å². The average molecular weight is 320 g/mol. The molecule has 0 saturated heterocycles. The van der Waals surface area contributed by atoms with Gasteiger partial charge in [-0.2, -0.15) is 0 Å². The van der Waals surface area contributed by atoms with Gasteiger partial charge in [0.2, 0.25) is 0 Å². The van der Waals surface area contributed by atoms with E-state index in [2.05, 4.69) is 26.1 Å². The highest BCUT2D eigenvalue weighted by molar-refractivity contribution is 5.76. The lowest BCUT2D eigenvalue weighted by Gasteiger charge is -2.29. The molecule has 0 aromatic heterocycles. The second-order valence-electron chi connectivity index (χ2n) is 7.30. The number of carboxylic acid groups (broad SMARTS) is 1. The van der Waals surface area contributed by atoms with Gasteiger partial charge in [0.25, 0.3) is 0 Å². The maximum absolute atomic E-state index is 12.4. The summed E-state index contributed by atoms with van der Waals surface area (Å²) in [6.07, 6.45) is 0.797. The van der Waals surface area contributed by atoms with Crippen molar-refractivity contribution in [1.29, 1.82) is 0 Å². The molecule has 0 fully saturated rings. The molecule has 2 amide bonds. The van der Waals surface area contributed by atoms with E-state index in [-0.39, 0.29) is 24.0 Å². The van der Waals surface area contributed by atoms with Crippen LogP contribution >= 0.6 is 0 Å². The zero-order valence-electron chi connectivity index (χ0n) is 14.7. The number of nitrogens with zero attached hydrogens (tertiary/aromatic N) is 1.